The Balaban J connectivity index is 1.59. The number of halogens is 1. The van der Waals surface area contributed by atoms with Crippen LogP contribution in [0.4, 0.5) is 16.0 Å². The molecular formula is C21H22FN7O. The van der Waals surface area contributed by atoms with Crippen LogP contribution in [0.2, 0.25) is 0 Å². The van der Waals surface area contributed by atoms with Crippen LogP contribution in [0.3, 0.4) is 0 Å². The first-order valence-corrected chi connectivity index (χ1v) is 9.94. The molecule has 1 aromatic carbocycles. The molecule has 0 radical (unpaired) electrons. The number of nitrogens with one attached hydrogen (secondary N) is 2. The third-order valence-corrected chi connectivity index (χ3v) is 5.73. The quantitative estimate of drug-likeness (QED) is 0.543. The standard InChI is InChI=1S/C21H22FN7O/c1-12-8-16-13(4-3-6-24-16)9-15(12)26-20-25-11-18-19(27-20)29(21(30)28(18)2)17-5-7-23-10-14(17)22/h3-4,6,8-9,11,14,17,23H,5,7,10H2,1-2H3,(H,25,26,27). The van der Waals surface area contributed by atoms with Gasteiger partial charge in [0.2, 0.25) is 5.95 Å². The molecule has 5 rings (SSSR count). The minimum Gasteiger partial charge on any atom is -0.324 e. The van der Waals surface area contributed by atoms with Crippen molar-refractivity contribution >= 4 is 33.7 Å². The van der Waals surface area contributed by atoms with Crippen LogP contribution in [-0.4, -0.2) is 43.3 Å². The lowest BCUT2D eigenvalue weighted by Crippen LogP contribution is -2.42. The van der Waals surface area contributed by atoms with Gasteiger partial charge in [0.15, 0.2) is 5.65 Å². The lowest BCUT2D eigenvalue weighted by atomic mass is 10.0. The average molecular weight is 407 g/mol. The molecule has 0 spiro atoms. The van der Waals surface area contributed by atoms with Crippen LogP contribution >= 0.6 is 0 Å². The Morgan fingerprint density at radius 1 is 1.30 bits per heavy atom. The number of imidazole rings is 1. The molecule has 1 aliphatic rings. The third-order valence-electron chi connectivity index (χ3n) is 5.73. The van der Waals surface area contributed by atoms with Crippen LogP contribution in [0.15, 0.2) is 41.5 Å². The number of aromatic nitrogens is 5. The van der Waals surface area contributed by atoms with Crippen LogP contribution in [0, 0.1) is 6.92 Å². The number of benzene rings is 1. The van der Waals surface area contributed by atoms with Gasteiger partial charge in [0.25, 0.3) is 0 Å². The monoisotopic (exact) mass is 407 g/mol. The van der Waals surface area contributed by atoms with E-state index in [-0.39, 0.29) is 12.2 Å². The molecule has 2 atom stereocenters. The predicted molar refractivity (Wildman–Crippen MR) is 114 cm³/mol. The molecule has 3 aromatic heterocycles. The Morgan fingerprint density at radius 3 is 3.00 bits per heavy atom. The highest BCUT2D eigenvalue weighted by Crippen LogP contribution is 2.27. The second-order valence-corrected chi connectivity index (χ2v) is 7.68. The largest absolute Gasteiger partial charge is 0.330 e. The second-order valence-electron chi connectivity index (χ2n) is 7.68. The van der Waals surface area contributed by atoms with Gasteiger partial charge in [-0.05, 0) is 43.7 Å². The molecular weight excluding hydrogens is 385 g/mol. The predicted octanol–water partition coefficient (Wildman–Crippen LogP) is 2.60. The van der Waals surface area contributed by atoms with E-state index < -0.39 is 12.2 Å². The Kier molecular flexibility index (Phi) is 4.47. The van der Waals surface area contributed by atoms with Crippen LogP contribution in [0.5, 0.6) is 0 Å². The summed E-state index contributed by atoms with van der Waals surface area (Å²) in [5, 5.41) is 7.27. The van der Waals surface area contributed by atoms with Gasteiger partial charge in [-0.1, -0.05) is 6.07 Å². The van der Waals surface area contributed by atoms with Gasteiger partial charge in [-0.15, -0.1) is 0 Å². The normalized spacial score (nSPS) is 19.4. The molecule has 0 bridgehead atoms. The minimum absolute atomic E-state index is 0.230. The molecule has 9 heteroatoms. The van der Waals surface area contributed by atoms with Crippen LogP contribution < -0.4 is 16.3 Å². The van der Waals surface area contributed by atoms with E-state index in [1.807, 2.05) is 31.2 Å². The summed E-state index contributed by atoms with van der Waals surface area (Å²) in [7, 11) is 1.66. The first-order chi connectivity index (χ1) is 14.5. The van der Waals surface area contributed by atoms with Crippen molar-refractivity contribution < 1.29 is 4.39 Å². The maximum Gasteiger partial charge on any atom is 0.330 e. The minimum atomic E-state index is -1.15. The topological polar surface area (TPSA) is 89.7 Å². The van der Waals surface area contributed by atoms with Gasteiger partial charge in [-0.2, -0.15) is 4.98 Å². The van der Waals surface area contributed by atoms with Crippen molar-refractivity contribution in [1.82, 2.24) is 29.4 Å². The number of pyridine rings is 1. The van der Waals surface area contributed by atoms with Gasteiger partial charge in [-0.3, -0.25) is 14.1 Å². The van der Waals surface area contributed by atoms with E-state index >= 15 is 0 Å². The number of hydrogen-bond acceptors (Lipinski definition) is 6. The summed E-state index contributed by atoms with van der Waals surface area (Å²) in [6, 6.07) is 7.33. The fourth-order valence-electron chi connectivity index (χ4n) is 4.07. The average Bonchev–Trinajstić information content (AvgIpc) is 2.99. The summed E-state index contributed by atoms with van der Waals surface area (Å²) in [6.07, 6.45) is 2.75. The molecule has 1 aliphatic heterocycles. The molecule has 1 saturated heterocycles. The lowest BCUT2D eigenvalue weighted by molar-refractivity contribution is 0.183. The van der Waals surface area contributed by atoms with Crippen molar-refractivity contribution in [2.75, 3.05) is 18.4 Å². The second kappa shape index (κ2) is 7.17. The molecule has 0 saturated carbocycles. The Hall–Kier alpha value is -3.33. The van der Waals surface area contributed by atoms with Crippen molar-refractivity contribution in [2.24, 2.45) is 7.05 Å². The first kappa shape index (κ1) is 18.7. The third kappa shape index (κ3) is 3.02. The Morgan fingerprint density at radius 2 is 2.17 bits per heavy atom. The van der Waals surface area contributed by atoms with Crippen molar-refractivity contribution in [1.29, 1.82) is 0 Å². The SMILES string of the molecule is Cc1cc2ncccc2cc1Nc1ncc2c(n1)n(C1CCNCC1F)c(=O)n2C. The van der Waals surface area contributed by atoms with E-state index in [9.17, 15) is 9.18 Å². The lowest BCUT2D eigenvalue weighted by Gasteiger charge is -2.27. The van der Waals surface area contributed by atoms with Crippen molar-refractivity contribution in [2.45, 2.75) is 25.6 Å². The number of aryl methyl sites for hydroxylation is 2. The van der Waals surface area contributed by atoms with Crippen LogP contribution in [0.1, 0.15) is 18.0 Å². The molecule has 2 unspecified atom stereocenters. The Labute approximate surface area is 171 Å². The summed E-state index contributed by atoms with van der Waals surface area (Å²) >= 11 is 0. The highest BCUT2D eigenvalue weighted by molar-refractivity contribution is 5.85. The summed E-state index contributed by atoms with van der Waals surface area (Å²) in [5.74, 6) is 0.359. The highest BCUT2D eigenvalue weighted by atomic mass is 19.1. The summed E-state index contributed by atoms with van der Waals surface area (Å²) < 4.78 is 17.6. The molecule has 0 amide bonds. The van der Waals surface area contributed by atoms with Crippen LogP contribution in [-0.2, 0) is 7.05 Å². The number of nitrogens with zero attached hydrogens (tertiary/aromatic N) is 5. The smallest absolute Gasteiger partial charge is 0.324 e. The number of hydrogen-bond donors (Lipinski definition) is 2. The van der Waals surface area contributed by atoms with E-state index in [2.05, 4.69) is 25.6 Å². The zero-order valence-corrected chi connectivity index (χ0v) is 16.8. The molecule has 4 heterocycles. The van der Waals surface area contributed by atoms with E-state index in [0.717, 1.165) is 22.2 Å². The van der Waals surface area contributed by atoms with Gasteiger partial charge >= 0.3 is 5.69 Å². The highest BCUT2D eigenvalue weighted by Gasteiger charge is 2.30. The molecule has 0 aliphatic carbocycles. The summed E-state index contributed by atoms with van der Waals surface area (Å²) in [4.78, 5) is 26.2. The number of anilines is 2. The van der Waals surface area contributed by atoms with Gasteiger partial charge < -0.3 is 10.6 Å². The molecule has 1 fully saturated rings. The number of fused-ring (bicyclic) bond motifs is 2. The maximum absolute atomic E-state index is 14.6. The van der Waals surface area contributed by atoms with Crippen LogP contribution in [0.25, 0.3) is 22.1 Å². The van der Waals surface area contributed by atoms with Gasteiger partial charge in [0, 0.05) is 30.9 Å². The van der Waals surface area contributed by atoms with E-state index in [1.165, 1.54) is 9.13 Å². The van der Waals surface area contributed by atoms with E-state index in [1.54, 1.807) is 19.4 Å². The number of piperidine rings is 1. The maximum atomic E-state index is 14.6. The number of rotatable bonds is 3. The zero-order valence-electron chi connectivity index (χ0n) is 16.8. The number of alkyl halides is 1. The summed E-state index contributed by atoms with van der Waals surface area (Å²) in [5.41, 5.74) is 3.50. The van der Waals surface area contributed by atoms with Gasteiger partial charge in [0.05, 0.1) is 17.8 Å². The molecule has 154 valence electrons. The van der Waals surface area contributed by atoms with E-state index in [0.29, 0.717) is 30.1 Å². The fraction of sp³-hybridized carbons (Fsp3) is 0.333. The molecule has 30 heavy (non-hydrogen) atoms. The molecule has 2 N–H and O–H groups in total. The van der Waals surface area contributed by atoms with Crippen molar-refractivity contribution in [3.05, 3.63) is 52.7 Å². The van der Waals surface area contributed by atoms with Gasteiger partial charge in [-0.25, -0.2) is 14.2 Å². The van der Waals surface area contributed by atoms with E-state index in [4.69, 9.17) is 0 Å². The van der Waals surface area contributed by atoms with Crippen molar-refractivity contribution in [3.8, 4) is 0 Å². The first-order valence-electron chi connectivity index (χ1n) is 9.94. The van der Waals surface area contributed by atoms with Gasteiger partial charge in [0.1, 0.15) is 11.7 Å². The molecule has 4 aromatic rings. The fourth-order valence-corrected chi connectivity index (χ4v) is 4.07. The zero-order chi connectivity index (χ0) is 20.8. The summed E-state index contributed by atoms with van der Waals surface area (Å²) in [6.45, 7) is 2.87. The van der Waals surface area contributed by atoms with Crippen molar-refractivity contribution in [3.63, 3.8) is 0 Å². The Bertz CT molecular complexity index is 1310. The molecule has 8 nitrogen and oxygen atoms in total.